The van der Waals surface area contributed by atoms with Crippen molar-refractivity contribution in [1.29, 1.82) is 0 Å². The van der Waals surface area contributed by atoms with Crippen LogP contribution >= 0.6 is 87.2 Å². The quantitative estimate of drug-likeness (QED) is 0.0309. The Labute approximate surface area is 527 Å². The van der Waals surface area contributed by atoms with Gasteiger partial charge in [-0.25, -0.2) is 73.5 Å². The number of nitrogens with zero attached hydrogens (tertiary/aromatic N) is 16. The summed E-state index contributed by atoms with van der Waals surface area (Å²) in [5.41, 5.74) is 24.1. The molecule has 0 saturated carbocycles. The number of hydrogen-bond donors (Lipinski definition) is 13. The molecule has 17 N–H and O–H groups in total. The molecule has 4 saturated heterocycles. The van der Waals surface area contributed by atoms with Gasteiger partial charge >= 0.3 is 23.5 Å². The molecule has 12 heterocycles. The third-order valence-electron chi connectivity index (χ3n) is 14.3. The van der Waals surface area contributed by atoms with Crippen LogP contribution in [0.1, 0.15) is 24.9 Å². The van der Waals surface area contributed by atoms with Gasteiger partial charge in [-0.15, -0.1) is 0 Å². The topological polar surface area (TPSA) is 604 Å². The fraction of sp³-hybridized carbons (Fsp3) is 0.500. The van der Waals surface area contributed by atoms with Crippen molar-refractivity contribution in [2.24, 2.45) is 0 Å². The van der Waals surface area contributed by atoms with Crippen LogP contribution in [0.15, 0.2) is 44.2 Å². The van der Waals surface area contributed by atoms with Crippen LogP contribution in [0.4, 0.5) is 23.3 Å². The monoisotopic (exact) mass is 1570 g/mol. The lowest BCUT2D eigenvalue weighted by atomic mass is 10.1. The second-order valence-electron chi connectivity index (χ2n) is 19.6. The molecule has 19 atom stereocenters. The summed E-state index contributed by atoms with van der Waals surface area (Å²) in [7, 11) is -16.6. The fourth-order valence-electron chi connectivity index (χ4n) is 10.2. The summed E-state index contributed by atoms with van der Waals surface area (Å²) in [5.74, 6) is -0.364. The highest BCUT2D eigenvalue weighted by Crippen LogP contribution is 2.55. The van der Waals surface area contributed by atoms with Gasteiger partial charge in [0.25, 0.3) is 0 Å². The van der Waals surface area contributed by atoms with Crippen molar-refractivity contribution >= 4 is 155 Å². The zero-order chi connectivity index (χ0) is 63.5. The van der Waals surface area contributed by atoms with Crippen LogP contribution in [0, 0.1) is 0 Å². The molecule has 8 aromatic heterocycles. The summed E-state index contributed by atoms with van der Waals surface area (Å²) in [6.45, 7) is -3.95. The van der Waals surface area contributed by atoms with E-state index in [1.807, 2.05) is 0 Å². The third kappa shape index (κ3) is 12.0. The lowest BCUT2D eigenvalue weighted by Crippen LogP contribution is -2.37. The van der Waals surface area contributed by atoms with Gasteiger partial charge in [0.2, 0.25) is 0 Å². The summed E-state index contributed by atoms with van der Waals surface area (Å²) >= 11 is 13.0. The second-order valence-corrected chi connectivity index (χ2v) is 26.7. The minimum atomic E-state index is -5.64. The van der Waals surface area contributed by atoms with Crippen LogP contribution < -0.4 is 22.9 Å². The van der Waals surface area contributed by atoms with E-state index >= 15 is 0 Å². The fourth-order valence-corrected chi connectivity index (χ4v) is 15.2. The molecular formula is C40H45Br4N20O22P3. The number of aromatic nitrogens is 16. The third-order valence-corrected chi connectivity index (χ3v) is 19.5. The standard InChI is InChI=1S/C40H45Br4N20O22P3/c41-37-57-13-25(45)49-5-53-29(13)61(37)33-21(70)17(66)10(81-33)2-77-87(71,72)85-23-19(68)12(83-35(23)63-31-15(59-39(63)43)27(47)51-7-55-31)4-79-89(75,76)86-24-20(69)11(82-36(24)64-32-16(60-40(64)44)28(48)52-8-56-32)3-78-88(73,74)84-22-18(67)9(1-65)80-34(22)62-30-14(58-38(62)42)26(46)50-6-54-30/h5-12,17-24,33-36,65-70H,1-4H2,(H,71,72)(H,73,74)(H,75,76)(H2,45,49,53)(H2,46,50,54)(H2,47,51,55)(H2,48,52,56)/t9-,10-,11-,12-,17-,18-,19-,20-,21-,22-,23-,24-,33-,34-,35-,36-/m1/s1. The van der Waals surface area contributed by atoms with Gasteiger partial charge in [0, 0.05) is 0 Å². The number of aliphatic hydroxyl groups is 6. The maximum Gasteiger partial charge on any atom is 0.472 e. The van der Waals surface area contributed by atoms with E-state index in [9.17, 15) is 59.0 Å². The summed E-state index contributed by atoms with van der Waals surface area (Å²) in [6.07, 6.45) is -24.2. The molecule has 0 amide bonds. The highest BCUT2D eigenvalue weighted by atomic mass is 79.9. The number of rotatable bonds is 20. The Balaban J connectivity index is 0.768. The molecule has 12 rings (SSSR count). The number of phosphoric ester groups is 3. The molecule has 8 aromatic rings. The van der Waals surface area contributed by atoms with E-state index in [4.69, 9.17) is 69.0 Å². The molecule has 89 heavy (non-hydrogen) atoms. The molecule has 0 bridgehead atoms. The number of halogens is 4. The minimum Gasteiger partial charge on any atom is -0.394 e. The Bertz CT molecular complexity index is 4180. The Kier molecular flexibility index (Phi) is 17.8. The van der Waals surface area contributed by atoms with Crippen LogP contribution in [0.25, 0.3) is 44.7 Å². The molecule has 0 aliphatic carbocycles. The van der Waals surface area contributed by atoms with Crippen LogP contribution in [-0.2, 0) is 59.8 Å². The molecular weight excluding hydrogens is 1530 g/mol. The Hall–Kier alpha value is -4.75. The van der Waals surface area contributed by atoms with Crippen LogP contribution in [0.3, 0.4) is 0 Å². The second kappa shape index (κ2) is 24.6. The number of nitrogen functional groups attached to an aromatic ring is 4. The van der Waals surface area contributed by atoms with Gasteiger partial charge in [-0.1, -0.05) is 0 Å². The number of aliphatic hydroxyl groups excluding tert-OH is 6. The van der Waals surface area contributed by atoms with Gasteiger partial charge in [0.1, 0.15) is 98.6 Å². The molecule has 4 fully saturated rings. The van der Waals surface area contributed by atoms with Gasteiger partial charge in [-0.3, -0.25) is 45.4 Å². The van der Waals surface area contributed by atoms with Crippen molar-refractivity contribution in [2.75, 3.05) is 49.4 Å². The predicted molar refractivity (Wildman–Crippen MR) is 304 cm³/mol. The van der Waals surface area contributed by atoms with Crippen molar-refractivity contribution in [3.05, 3.63) is 44.2 Å². The lowest BCUT2D eigenvalue weighted by Gasteiger charge is -2.26. The van der Waals surface area contributed by atoms with E-state index in [-0.39, 0.29) is 86.9 Å². The van der Waals surface area contributed by atoms with Gasteiger partial charge in [0.15, 0.2) is 112 Å². The number of imidazole rings is 4. The largest absolute Gasteiger partial charge is 0.472 e. The Morgan fingerprint density at radius 1 is 0.416 bits per heavy atom. The summed E-state index contributed by atoms with van der Waals surface area (Å²) in [4.78, 5) is 83.2. The van der Waals surface area contributed by atoms with E-state index in [1.54, 1.807) is 0 Å². The first-order valence-electron chi connectivity index (χ1n) is 25.3. The smallest absolute Gasteiger partial charge is 0.394 e. The van der Waals surface area contributed by atoms with Crippen molar-refractivity contribution in [3.63, 3.8) is 0 Å². The molecule has 0 aromatic carbocycles. The number of phosphoric acid groups is 3. The molecule has 4 aliphatic heterocycles. The molecule has 42 nitrogen and oxygen atoms in total. The SMILES string of the molecule is Nc1ncnc2c1nc(Br)n2[C@@H]1O[C@H](COP(=O)(O)O[C@@H]2[C@H](O)[C@@H](COP(=O)(O)O[C@@H]3[C@H](O)[C@@H](COP(=O)(O)O[C@@H]4[C@H](O)[C@@H](CO)O[C@H]4n4c(Br)nc5c(N)ncnc54)O[C@H]3n3c(Br)nc4c(N)ncnc43)O[C@H]2n2c(Br)nc3c(N)ncnc32)[C@@H](O)[C@H]1O. The molecule has 480 valence electrons. The highest BCUT2D eigenvalue weighted by molar-refractivity contribution is 9.11. The average molecular weight is 1570 g/mol. The van der Waals surface area contributed by atoms with E-state index in [1.165, 1.54) is 9.13 Å². The average Bonchev–Trinajstić information content (AvgIpc) is 1.82. The van der Waals surface area contributed by atoms with Gasteiger partial charge < -0.3 is 87.2 Å². The summed E-state index contributed by atoms with van der Waals surface area (Å²) in [5, 5.41) is 67.2. The Morgan fingerprint density at radius 3 is 0.978 bits per heavy atom. The first-order chi connectivity index (χ1) is 42.2. The number of anilines is 4. The van der Waals surface area contributed by atoms with E-state index in [0.29, 0.717) is 0 Å². The highest BCUT2D eigenvalue weighted by Gasteiger charge is 2.56. The maximum absolute atomic E-state index is 14.2. The zero-order valence-corrected chi connectivity index (χ0v) is 53.1. The summed E-state index contributed by atoms with van der Waals surface area (Å²) < 4.78 is 103. The van der Waals surface area contributed by atoms with E-state index in [0.717, 1.165) is 34.4 Å². The van der Waals surface area contributed by atoms with Crippen molar-refractivity contribution < 1.29 is 105 Å². The first-order valence-corrected chi connectivity index (χ1v) is 33.0. The van der Waals surface area contributed by atoms with Crippen LogP contribution in [0.2, 0.25) is 0 Å². The molecule has 0 radical (unpaired) electrons. The van der Waals surface area contributed by atoms with Gasteiger partial charge in [-0.2, -0.15) is 0 Å². The minimum absolute atomic E-state index is 0.00881. The summed E-state index contributed by atoms with van der Waals surface area (Å²) in [6, 6.07) is 0. The number of nitrogens with two attached hydrogens (primary N) is 4. The van der Waals surface area contributed by atoms with Gasteiger partial charge in [-0.05, 0) is 63.7 Å². The van der Waals surface area contributed by atoms with E-state index in [2.05, 4.69) is 124 Å². The normalized spacial score (nSPS) is 31.2. The Morgan fingerprint density at radius 2 is 0.674 bits per heavy atom. The van der Waals surface area contributed by atoms with Crippen molar-refractivity contribution in [2.45, 2.75) is 98.2 Å². The van der Waals surface area contributed by atoms with Crippen LogP contribution in [0.5, 0.6) is 0 Å². The molecule has 0 spiro atoms. The number of hydrogen-bond acceptors (Lipinski definition) is 35. The van der Waals surface area contributed by atoms with Crippen molar-refractivity contribution in [1.82, 2.24) is 78.1 Å². The maximum atomic E-state index is 14.2. The number of ether oxygens (including phenoxy) is 4. The van der Waals surface area contributed by atoms with E-state index < -0.39 is 148 Å². The zero-order valence-electron chi connectivity index (χ0n) is 44.0. The van der Waals surface area contributed by atoms with Gasteiger partial charge in [0.05, 0.1) is 26.4 Å². The van der Waals surface area contributed by atoms with Crippen LogP contribution in [-0.4, -0.2) is 223 Å². The predicted octanol–water partition coefficient (Wildman–Crippen LogP) is -1.38. The number of fused-ring (bicyclic) bond motifs is 4. The van der Waals surface area contributed by atoms with Crippen molar-refractivity contribution in [3.8, 4) is 0 Å². The molecule has 49 heteroatoms. The molecule has 3 unspecified atom stereocenters. The lowest BCUT2D eigenvalue weighted by molar-refractivity contribution is -0.0666. The molecule has 4 aliphatic rings. The first kappa shape index (κ1) is 64.4.